The third-order valence-electron chi connectivity index (χ3n) is 5.35. The molecule has 0 aliphatic heterocycles. The van der Waals surface area contributed by atoms with Gasteiger partial charge in [0.25, 0.3) is 0 Å². The zero-order chi connectivity index (χ0) is 16.7. The topological polar surface area (TPSA) is 41.9 Å². The summed E-state index contributed by atoms with van der Waals surface area (Å²) in [6.45, 7) is 10.1. The highest BCUT2D eigenvalue weighted by Crippen LogP contribution is 2.36. The molecule has 2 rings (SSSR count). The zero-order valence-electron chi connectivity index (χ0n) is 15.2. The summed E-state index contributed by atoms with van der Waals surface area (Å²) >= 11 is 0. The van der Waals surface area contributed by atoms with Gasteiger partial charge in [-0.1, -0.05) is 32.8 Å². The lowest BCUT2D eigenvalue weighted by atomic mass is 9.85. The van der Waals surface area contributed by atoms with Crippen molar-refractivity contribution in [1.29, 1.82) is 0 Å². The van der Waals surface area contributed by atoms with Crippen LogP contribution in [-0.2, 0) is 9.78 Å². The molecule has 0 radical (unpaired) electrons. The number of nitrogens with zero attached hydrogens (tertiary/aromatic N) is 1. The highest BCUT2D eigenvalue weighted by atomic mass is 17.2. The van der Waals surface area contributed by atoms with Crippen molar-refractivity contribution >= 4 is 0 Å². The van der Waals surface area contributed by atoms with Crippen molar-refractivity contribution in [2.24, 2.45) is 5.92 Å². The van der Waals surface area contributed by atoms with Crippen LogP contribution >= 0.6 is 0 Å². The van der Waals surface area contributed by atoms with E-state index in [-0.39, 0.29) is 6.10 Å². The van der Waals surface area contributed by atoms with Crippen molar-refractivity contribution in [1.82, 2.24) is 4.90 Å². The number of rotatable bonds is 10. The van der Waals surface area contributed by atoms with E-state index in [2.05, 4.69) is 25.7 Å². The Morgan fingerprint density at radius 2 is 1.83 bits per heavy atom. The van der Waals surface area contributed by atoms with E-state index >= 15 is 0 Å². The summed E-state index contributed by atoms with van der Waals surface area (Å²) in [5.74, 6) is -0.345. The summed E-state index contributed by atoms with van der Waals surface area (Å²) in [4.78, 5) is 13.3. The quantitative estimate of drug-likeness (QED) is 0.285. The maximum absolute atomic E-state index is 10.2. The molecular weight excluding hydrogens is 290 g/mol. The molecule has 0 aromatic heterocycles. The van der Waals surface area contributed by atoms with Crippen LogP contribution in [0.2, 0.25) is 0 Å². The summed E-state index contributed by atoms with van der Waals surface area (Å²) in [6.07, 6.45) is 10.5. The van der Waals surface area contributed by atoms with E-state index in [1.165, 1.54) is 31.4 Å². The number of hydrogen-bond acceptors (Lipinski definition) is 4. The van der Waals surface area contributed by atoms with Crippen molar-refractivity contribution in [3.63, 3.8) is 0 Å². The second-order valence-corrected chi connectivity index (χ2v) is 7.21. The van der Waals surface area contributed by atoms with E-state index < -0.39 is 5.79 Å². The van der Waals surface area contributed by atoms with E-state index in [0.29, 0.717) is 6.42 Å². The van der Waals surface area contributed by atoms with E-state index in [9.17, 15) is 5.11 Å². The molecule has 2 aliphatic carbocycles. The SMILES string of the molecule is CCCC1=CC(O)(OOC2CCC(CCN(CC)CC)CC2)C1. The molecule has 0 amide bonds. The van der Waals surface area contributed by atoms with Crippen LogP contribution in [0.4, 0.5) is 0 Å². The normalized spacial score (nSPS) is 31.1. The van der Waals surface area contributed by atoms with Crippen LogP contribution in [0, 0.1) is 5.92 Å². The first-order chi connectivity index (χ1) is 11.1. The van der Waals surface area contributed by atoms with Gasteiger partial charge in [0.15, 0.2) is 0 Å². The second kappa shape index (κ2) is 9.16. The molecule has 2 aliphatic rings. The van der Waals surface area contributed by atoms with Crippen LogP contribution < -0.4 is 0 Å². The Labute approximate surface area is 141 Å². The van der Waals surface area contributed by atoms with Gasteiger partial charge in [0.2, 0.25) is 5.79 Å². The third kappa shape index (κ3) is 5.86. The predicted octanol–water partition coefficient (Wildman–Crippen LogP) is 4.04. The van der Waals surface area contributed by atoms with Gasteiger partial charge in [-0.2, -0.15) is 4.89 Å². The fraction of sp³-hybridized carbons (Fsp3) is 0.895. The molecule has 0 aromatic carbocycles. The molecular formula is C19H35NO3. The van der Waals surface area contributed by atoms with Crippen molar-refractivity contribution in [2.45, 2.75) is 84.0 Å². The van der Waals surface area contributed by atoms with Gasteiger partial charge in [-0.25, -0.2) is 4.89 Å². The van der Waals surface area contributed by atoms with Gasteiger partial charge in [-0.05, 0) is 70.2 Å². The van der Waals surface area contributed by atoms with Gasteiger partial charge in [-0.15, -0.1) is 0 Å². The maximum Gasteiger partial charge on any atom is 0.222 e. The number of hydrogen-bond donors (Lipinski definition) is 1. The van der Waals surface area contributed by atoms with Gasteiger partial charge in [0.1, 0.15) is 0 Å². The first-order valence-corrected chi connectivity index (χ1v) is 9.58. The minimum absolute atomic E-state index is 0.146. The molecule has 4 nitrogen and oxygen atoms in total. The van der Waals surface area contributed by atoms with E-state index in [1.54, 1.807) is 0 Å². The maximum atomic E-state index is 10.2. The minimum atomic E-state index is -1.16. The van der Waals surface area contributed by atoms with Crippen molar-refractivity contribution < 1.29 is 14.9 Å². The van der Waals surface area contributed by atoms with Crippen LogP contribution in [0.15, 0.2) is 11.6 Å². The molecule has 0 saturated heterocycles. The molecule has 0 heterocycles. The largest absolute Gasteiger partial charge is 0.360 e. The van der Waals surface area contributed by atoms with Crippen LogP contribution in [-0.4, -0.2) is 41.5 Å². The highest BCUT2D eigenvalue weighted by molar-refractivity contribution is 5.22. The summed E-state index contributed by atoms with van der Waals surface area (Å²) < 4.78 is 0. The minimum Gasteiger partial charge on any atom is -0.360 e. The fourth-order valence-electron chi connectivity index (χ4n) is 3.72. The lowest BCUT2D eigenvalue weighted by molar-refractivity contribution is -0.428. The highest BCUT2D eigenvalue weighted by Gasteiger charge is 2.37. The average Bonchev–Trinajstić information content (AvgIpc) is 2.54. The molecule has 0 bridgehead atoms. The molecule has 1 N–H and O–H groups in total. The first-order valence-electron chi connectivity index (χ1n) is 9.58. The first kappa shape index (κ1) is 18.9. The van der Waals surface area contributed by atoms with Crippen molar-refractivity contribution in [3.8, 4) is 0 Å². The molecule has 1 saturated carbocycles. The van der Waals surface area contributed by atoms with Gasteiger partial charge < -0.3 is 10.0 Å². The van der Waals surface area contributed by atoms with E-state index in [0.717, 1.165) is 44.7 Å². The molecule has 1 unspecified atom stereocenters. The third-order valence-corrected chi connectivity index (χ3v) is 5.35. The molecule has 0 aromatic rings. The molecule has 1 atom stereocenters. The lowest BCUT2D eigenvalue weighted by Gasteiger charge is -2.36. The van der Waals surface area contributed by atoms with Gasteiger partial charge in [0, 0.05) is 6.42 Å². The molecule has 23 heavy (non-hydrogen) atoms. The van der Waals surface area contributed by atoms with Crippen LogP contribution in [0.5, 0.6) is 0 Å². The Balaban J connectivity index is 1.60. The fourth-order valence-corrected chi connectivity index (χ4v) is 3.72. The molecule has 4 heteroatoms. The van der Waals surface area contributed by atoms with Crippen LogP contribution in [0.3, 0.4) is 0 Å². The summed E-state index contributed by atoms with van der Waals surface area (Å²) in [5, 5.41) is 10.2. The van der Waals surface area contributed by atoms with Gasteiger partial charge in [0.05, 0.1) is 6.10 Å². The van der Waals surface area contributed by atoms with Gasteiger partial charge >= 0.3 is 0 Å². The van der Waals surface area contributed by atoms with Crippen LogP contribution in [0.25, 0.3) is 0 Å². The Kier molecular flexibility index (Phi) is 7.54. The summed E-state index contributed by atoms with van der Waals surface area (Å²) in [7, 11) is 0. The zero-order valence-corrected chi connectivity index (χ0v) is 15.2. The predicted molar refractivity (Wildman–Crippen MR) is 92.9 cm³/mol. The summed E-state index contributed by atoms with van der Waals surface area (Å²) in [6, 6.07) is 0. The summed E-state index contributed by atoms with van der Waals surface area (Å²) in [5.41, 5.74) is 1.28. The molecule has 1 fully saturated rings. The standard InChI is InChI=1S/C19H35NO3/c1-4-7-17-14-19(21,15-17)23-22-18-10-8-16(9-11-18)12-13-20(5-2)6-3/h14,16,18,21H,4-13,15H2,1-3H3. The van der Waals surface area contributed by atoms with Gasteiger partial charge in [-0.3, -0.25) is 0 Å². The molecule has 134 valence electrons. The lowest BCUT2D eigenvalue weighted by Crippen LogP contribution is -2.39. The Morgan fingerprint density at radius 3 is 2.39 bits per heavy atom. The Hall–Kier alpha value is -0.420. The number of aliphatic hydroxyl groups is 1. The Bertz CT molecular complexity index is 373. The average molecular weight is 325 g/mol. The van der Waals surface area contributed by atoms with E-state index in [4.69, 9.17) is 9.78 Å². The monoisotopic (exact) mass is 325 g/mol. The second-order valence-electron chi connectivity index (χ2n) is 7.21. The Morgan fingerprint density at radius 1 is 1.17 bits per heavy atom. The van der Waals surface area contributed by atoms with E-state index in [1.807, 2.05) is 6.08 Å². The molecule has 0 spiro atoms. The van der Waals surface area contributed by atoms with Crippen LogP contribution in [0.1, 0.15) is 72.1 Å². The van der Waals surface area contributed by atoms with Crippen molar-refractivity contribution in [2.75, 3.05) is 19.6 Å². The smallest absolute Gasteiger partial charge is 0.222 e. The van der Waals surface area contributed by atoms with Crippen molar-refractivity contribution in [3.05, 3.63) is 11.6 Å².